The number of fused-ring (bicyclic) bond motifs is 8. The van der Waals surface area contributed by atoms with Gasteiger partial charge < -0.3 is 14.2 Å². The van der Waals surface area contributed by atoms with E-state index in [0.717, 1.165) is 22.8 Å². The van der Waals surface area contributed by atoms with Gasteiger partial charge in [-0.05, 0) is 48.5 Å². The van der Waals surface area contributed by atoms with Gasteiger partial charge in [-0.2, -0.15) is 16.8 Å². The molecule has 7 aromatic rings. The second-order valence-electron chi connectivity index (χ2n) is 11.0. The molecule has 49 heavy (non-hydrogen) atoms. The van der Waals surface area contributed by atoms with Crippen molar-refractivity contribution in [3.05, 3.63) is 89.4 Å². The van der Waals surface area contributed by atoms with Crippen LogP contribution < -0.4 is 21.7 Å². The lowest BCUT2D eigenvalue weighted by atomic mass is 9.98. The summed E-state index contributed by atoms with van der Waals surface area (Å²) in [7, 11) is -7.55. The fourth-order valence-corrected chi connectivity index (χ4v) is 8.23. The first-order valence-corrected chi connectivity index (χ1v) is 17.2. The highest BCUT2D eigenvalue weighted by atomic mass is 32.2. The predicted molar refractivity (Wildman–Crippen MR) is 178 cm³/mol. The number of benzene rings is 6. The largest absolute Gasteiger partial charge is 0.506 e. The molecule has 0 saturated carbocycles. The number of aromatic hydroxyl groups is 1. The van der Waals surface area contributed by atoms with Crippen LogP contribution in [0.25, 0.3) is 65.2 Å². The van der Waals surface area contributed by atoms with Crippen LogP contribution in [0.2, 0.25) is 0 Å². The molecule has 1 heterocycles. The molecule has 0 bridgehead atoms. The summed E-state index contributed by atoms with van der Waals surface area (Å²) in [6.07, 6.45) is 0. The van der Waals surface area contributed by atoms with Gasteiger partial charge in [0.25, 0.3) is 20.2 Å². The molecule has 0 aliphatic carbocycles. The monoisotopic (exact) mass is 726 g/mol. The number of phenolic OH excluding ortho intramolecular Hbond substituents is 1. The average Bonchev–Trinajstić information content (AvgIpc) is 3.04. The minimum absolute atomic E-state index is 0.0962. The average molecular weight is 727 g/mol. The third-order valence-corrected chi connectivity index (χ3v) is 10.8. The number of hydrogen-bond donors (Lipinski definition) is 4. The zero-order valence-electron chi connectivity index (χ0n) is 24.6. The molecule has 0 spiro atoms. The summed E-state index contributed by atoms with van der Waals surface area (Å²) in [6, 6.07) is 9.18. The minimum Gasteiger partial charge on any atom is -0.506 e. The van der Waals surface area contributed by atoms with E-state index in [1.54, 1.807) is 0 Å². The Kier molecular flexibility index (Phi) is 7.14. The highest BCUT2D eigenvalue weighted by molar-refractivity contribution is 7.94. The van der Waals surface area contributed by atoms with Gasteiger partial charge in [0, 0.05) is 45.9 Å². The minimum atomic E-state index is -5.17. The van der Waals surface area contributed by atoms with E-state index >= 15 is 0 Å². The lowest BCUT2D eigenvalue weighted by Crippen LogP contribution is -2.20. The van der Waals surface area contributed by atoms with E-state index in [4.69, 9.17) is 5.26 Å². The highest BCUT2D eigenvalue weighted by Crippen LogP contribution is 2.36. The fourth-order valence-electron chi connectivity index (χ4n) is 6.50. The van der Waals surface area contributed by atoms with Crippen LogP contribution in [0.1, 0.15) is 0 Å². The number of rotatable bonds is 5. The van der Waals surface area contributed by atoms with Crippen molar-refractivity contribution in [2.75, 3.05) is 0 Å². The smallest absolute Gasteiger partial charge is 0.298 e. The van der Waals surface area contributed by atoms with Crippen LogP contribution in [-0.2, 0) is 43.7 Å². The topological polar surface area (TPSA) is 246 Å². The molecular formula is C30H18N2O14S3. The van der Waals surface area contributed by atoms with Gasteiger partial charge in [-0.15, -0.1) is 4.33 Å². The summed E-state index contributed by atoms with van der Waals surface area (Å²) < 4.78 is 76.5. The Morgan fingerprint density at radius 1 is 0.612 bits per heavy atom. The third-order valence-electron chi connectivity index (χ3n) is 8.52. The van der Waals surface area contributed by atoms with E-state index in [2.05, 4.69) is 9.37 Å². The Labute approximate surface area is 275 Å². The van der Waals surface area contributed by atoms with Crippen LogP contribution in [0.5, 0.6) is 5.75 Å². The van der Waals surface area contributed by atoms with Crippen LogP contribution >= 0.6 is 12.0 Å². The molecule has 19 heteroatoms. The third kappa shape index (κ3) is 4.56. The first-order valence-electron chi connectivity index (χ1n) is 13.6. The van der Waals surface area contributed by atoms with Crippen LogP contribution in [0.15, 0.2) is 82.4 Å². The Morgan fingerprint density at radius 2 is 1.20 bits per heavy atom. The van der Waals surface area contributed by atoms with E-state index < -0.39 is 68.3 Å². The Bertz CT molecular complexity index is 3160. The van der Waals surface area contributed by atoms with Gasteiger partial charge >= 0.3 is 0 Å². The summed E-state index contributed by atoms with van der Waals surface area (Å²) in [6.45, 7) is 0. The molecule has 0 atom stereocenters. The van der Waals surface area contributed by atoms with Crippen molar-refractivity contribution in [3.63, 3.8) is 0 Å². The van der Waals surface area contributed by atoms with Gasteiger partial charge in [0.2, 0.25) is 0 Å². The van der Waals surface area contributed by atoms with Gasteiger partial charge in [-0.25, -0.2) is 5.26 Å². The molecule has 7 rings (SSSR count). The van der Waals surface area contributed by atoms with Crippen LogP contribution in [0.4, 0.5) is 0 Å². The summed E-state index contributed by atoms with van der Waals surface area (Å²) >= 11 is 0.524. The molecule has 0 aliphatic rings. The first kappa shape index (κ1) is 32.6. The van der Waals surface area contributed by atoms with E-state index in [1.165, 1.54) is 49.0 Å². The molecule has 0 amide bonds. The van der Waals surface area contributed by atoms with Crippen molar-refractivity contribution in [1.82, 2.24) is 9.13 Å². The maximum absolute atomic E-state index is 14.2. The lowest BCUT2D eigenvalue weighted by Gasteiger charge is -2.21. The van der Waals surface area contributed by atoms with Crippen molar-refractivity contribution in [2.24, 2.45) is 14.1 Å². The SMILES string of the molecule is Cn1c2ccc3c(=O)c4ccc(S(=O)(=O)O)c(O)c4c(=O)c3c2n(C)c2c(S(=O)(=O)O)cc3c(=O)c4ccc(SOOO)cc4c(=O)c3c21. The molecule has 0 unspecified atom stereocenters. The van der Waals surface area contributed by atoms with Gasteiger partial charge in [-0.3, -0.25) is 28.3 Å². The molecule has 4 N–H and O–H groups in total. The molecular weight excluding hydrogens is 709 g/mol. The second-order valence-corrected chi connectivity index (χ2v) is 14.6. The van der Waals surface area contributed by atoms with Crippen LogP contribution in [-0.4, -0.2) is 45.4 Å². The number of aromatic nitrogens is 2. The first-order chi connectivity index (χ1) is 23.0. The van der Waals surface area contributed by atoms with Crippen molar-refractivity contribution >= 4 is 97.4 Å². The maximum Gasteiger partial charge on any atom is 0.298 e. The van der Waals surface area contributed by atoms with E-state index in [1.807, 2.05) is 0 Å². The fraction of sp³-hybridized carbons (Fsp3) is 0.0667. The maximum atomic E-state index is 14.2. The number of aryl methyl sites for hydroxylation is 2. The Morgan fingerprint density at radius 3 is 1.86 bits per heavy atom. The number of hydrogen-bond acceptors (Lipinski definition) is 13. The highest BCUT2D eigenvalue weighted by Gasteiger charge is 2.28. The quantitative estimate of drug-likeness (QED) is 0.0497. The van der Waals surface area contributed by atoms with Crippen LogP contribution in [0, 0.1) is 0 Å². The van der Waals surface area contributed by atoms with E-state index in [0.29, 0.717) is 12.0 Å². The second kappa shape index (κ2) is 10.8. The van der Waals surface area contributed by atoms with Gasteiger partial charge in [0.15, 0.2) is 21.7 Å². The summed E-state index contributed by atoms with van der Waals surface area (Å²) in [5.41, 5.74) is -3.92. The molecule has 0 fully saturated rings. The molecule has 0 saturated heterocycles. The molecule has 0 aliphatic heterocycles. The summed E-state index contributed by atoms with van der Waals surface area (Å²) in [4.78, 5) is 54.1. The normalized spacial score (nSPS) is 12.8. The van der Waals surface area contributed by atoms with Gasteiger partial charge in [0.05, 0.1) is 50.3 Å². The zero-order valence-corrected chi connectivity index (χ0v) is 27.1. The number of nitrogens with zero attached hydrogens (tertiary/aromatic N) is 2. The zero-order chi connectivity index (χ0) is 35.5. The van der Waals surface area contributed by atoms with Crippen molar-refractivity contribution in [2.45, 2.75) is 14.7 Å². The molecule has 1 aromatic heterocycles. The Balaban J connectivity index is 1.78. The Hall–Kier alpha value is -4.99. The van der Waals surface area contributed by atoms with Crippen LogP contribution in [0.3, 0.4) is 0 Å². The predicted octanol–water partition coefficient (Wildman–Crippen LogP) is 2.79. The molecule has 6 aromatic carbocycles. The lowest BCUT2D eigenvalue weighted by molar-refractivity contribution is -0.432. The van der Waals surface area contributed by atoms with E-state index in [9.17, 15) is 50.2 Å². The molecule has 250 valence electrons. The summed E-state index contributed by atoms with van der Waals surface area (Å²) in [5, 5.41) is 20.4. The molecule has 0 radical (unpaired) electrons. The van der Waals surface area contributed by atoms with Crippen molar-refractivity contribution in [3.8, 4) is 5.75 Å². The van der Waals surface area contributed by atoms with Gasteiger partial charge in [0.1, 0.15) is 15.5 Å². The standard InChI is InChI=1S/C30H18N2O14S3/c1-31-17-7-5-13-20(30(37)22-14(27(13)34)6-8-18(29(22)36)48(39,40)41)23(17)32(2)24-19(49(42,43)44)10-16-21(25(24)31)28(35)15-9-11(47-46-45-38)3-4-12(15)26(16)33/h3-10,36,38H,1-2H3,(H,39,40,41)(H,42,43,44). The van der Waals surface area contributed by atoms with E-state index in [-0.39, 0.29) is 59.3 Å². The number of phenols is 1. The van der Waals surface area contributed by atoms with Crippen molar-refractivity contribution in [1.29, 1.82) is 0 Å². The summed E-state index contributed by atoms with van der Waals surface area (Å²) in [5.74, 6) is -1.18. The molecule has 16 nitrogen and oxygen atoms in total. The van der Waals surface area contributed by atoms with Crippen molar-refractivity contribution < 1.29 is 45.7 Å². The van der Waals surface area contributed by atoms with Gasteiger partial charge in [-0.1, -0.05) is 5.04 Å².